The quantitative estimate of drug-likeness (QED) is 0.370. The standard InChI is InChI=1S/C28H30N4O/c1-2-7-21(8-3-1)19-33-25-10-6-9-23(15-25)27-18-32(28-26(27)16-29-20-30-28)24-13-22(14-24)17-31-11-4-5-12-31/h1-3,6-10,15-16,18,20,22,24H,4-5,11-14,17,19H2. The highest BCUT2D eigenvalue weighted by atomic mass is 16.5. The van der Waals surface area contributed by atoms with Crippen molar-refractivity contribution in [3.05, 3.63) is 78.9 Å². The molecule has 0 amide bonds. The van der Waals surface area contributed by atoms with Gasteiger partial charge in [-0.3, -0.25) is 0 Å². The second kappa shape index (κ2) is 8.99. The van der Waals surface area contributed by atoms with Gasteiger partial charge < -0.3 is 14.2 Å². The Balaban J connectivity index is 1.22. The van der Waals surface area contributed by atoms with Gasteiger partial charge in [-0.2, -0.15) is 0 Å². The lowest BCUT2D eigenvalue weighted by molar-refractivity contribution is 0.145. The van der Waals surface area contributed by atoms with Crippen LogP contribution < -0.4 is 4.74 Å². The topological polar surface area (TPSA) is 43.2 Å². The molecule has 1 saturated heterocycles. The summed E-state index contributed by atoms with van der Waals surface area (Å²) in [5.74, 6) is 1.69. The Labute approximate surface area is 195 Å². The van der Waals surface area contributed by atoms with E-state index in [-0.39, 0.29) is 0 Å². The molecule has 33 heavy (non-hydrogen) atoms. The van der Waals surface area contributed by atoms with Crippen LogP contribution in [0.2, 0.25) is 0 Å². The van der Waals surface area contributed by atoms with E-state index in [4.69, 9.17) is 4.74 Å². The first kappa shape index (κ1) is 20.4. The Morgan fingerprint density at radius 2 is 1.82 bits per heavy atom. The number of hydrogen-bond acceptors (Lipinski definition) is 4. The molecular weight excluding hydrogens is 408 g/mol. The van der Waals surface area contributed by atoms with E-state index in [1.54, 1.807) is 6.33 Å². The van der Waals surface area contributed by atoms with Crippen LogP contribution in [0.15, 0.2) is 73.3 Å². The van der Waals surface area contributed by atoms with E-state index in [1.807, 2.05) is 30.5 Å². The lowest BCUT2D eigenvalue weighted by Crippen LogP contribution is -2.35. The maximum absolute atomic E-state index is 6.09. The molecule has 168 valence electrons. The first-order valence-corrected chi connectivity index (χ1v) is 12.1. The molecule has 4 aromatic rings. The average Bonchev–Trinajstić information content (AvgIpc) is 3.49. The largest absolute Gasteiger partial charge is 0.489 e. The number of nitrogens with zero attached hydrogens (tertiary/aromatic N) is 4. The van der Waals surface area contributed by atoms with Gasteiger partial charge in [-0.05, 0) is 68.0 Å². The van der Waals surface area contributed by atoms with Crippen LogP contribution in [0.4, 0.5) is 0 Å². The molecule has 0 spiro atoms. The van der Waals surface area contributed by atoms with E-state index in [0.717, 1.165) is 28.3 Å². The number of fused-ring (bicyclic) bond motifs is 1. The van der Waals surface area contributed by atoms with Crippen LogP contribution in [0, 0.1) is 5.92 Å². The Morgan fingerprint density at radius 3 is 2.67 bits per heavy atom. The third-order valence-corrected chi connectivity index (χ3v) is 7.21. The molecule has 5 heteroatoms. The maximum Gasteiger partial charge on any atom is 0.144 e. The van der Waals surface area contributed by atoms with Crippen molar-refractivity contribution in [3.8, 4) is 16.9 Å². The second-order valence-corrected chi connectivity index (χ2v) is 9.51. The Morgan fingerprint density at radius 1 is 0.970 bits per heavy atom. The van der Waals surface area contributed by atoms with Gasteiger partial charge in [-0.25, -0.2) is 9.97 Å². The van der Waals surface area contributed by atoms with Crippen LogP contribution in [-0.4, -0.2) is 39.1 Å². The summed E-state index contributed by atoms with van der Waals surface area (Å²) < 4.78 is 8.48. The van der Waals surface area contributed by atoms with Gasteiger partial charge in [0.25, 0.3) is 0 Å². The highest BCUT2D eigenvalue weighted by molar-refractivity contribution is 5.93. The van der Waals surface area contributed by atoms with Crippen LogP contribution in [-0.2, 0) is 6.61 Å². The zero-order chi connectivity index (χ0) is 22.0. The summed E-state index contributed by atoms with van der Waals surface area (Å²) in [6.45, 7) is 4.40. The molecule has 2 aliphatic rings. The lowest BCUT2D eigenvalue weighted by atomic mass is 9.79. The summed E-state index contributed by atoms with van der Waals surface area (Å²) in [6, 6.07) is 19.2. The van der Waals surface area contributed by atoms with Gasteiger partial charge in [0.2, 0.25) is 0 Å². The van der Waals surface area contributed by atoms with Crippen LogP contribution in [0.3, 0.4) is 0 Å². The Bertz CT molecular complexity index is 1220. The van der Waals surface area contributed by atoms with Crippen molar-refractivity contribution in [2.75, 3.05) is 19.6 Å². The van der Waals surface area contributed by atoms with Gasteiger partial charge in [0.15, 0.2) is 0 Å². The molecule has 0 radical (unpaired) electrons. The highest BCUT2D eigenvalue weighted by Crippen LogP contribution is 2.42. The second-order valence-electron chi connectivity index (χ2n) is 9.51. The Kier molecular flexibility index (Phi) is 5.56. The molecule has 2 aromatic heterocycles. The van der Waals surface area contributed by atoms with Crippen LogP contribution >= 0.6 is 0 Å². The van der Waals surface area contributed by atoms with Crippen molar-refractivity contribution < 1.29 is 4.74 Å². The van der Waals surface area contributed by atoms with Gasteiger partial charge in [0.1, 0.15) is 24.3 Å². The third-order valence-electron chi connectivity index (χ3n) is 7.21. The summed E-state index contributed by atoms with van der Waals surface area (Å²) in [5.41, 5.74) is 4.53. The van der Waals surface area contributed by atoms with Crippen molar-refractivity contribution in [2.24, 2.45) is 5.92 Å². The first-order chi connectivity index (χ1) is 16.3. The molecule has 3 heterocycles. The van der Waals surface area contributed by atoms with Gasteiger partial charge in [0.05, 0.1) is 0 Å². The summed E-state index contributed by atoms with van der Waals surface area (Å²) in [7, 11) is 0. The number of benzene rings is 2. The lowest BCUT2D eigenvalue weighted by Gasteiger charge is -2.38. The molecule has 5 nitrogen and oxygen atoms in total. The van der Waals surface area contributed by atoms with Crippen LogP contribution in [0.25, 0.3) is 22.2 Å². The minimum absolute atomic E-state index is 0.529. The summed E-state index contributed by atoms with van der Waals surface area (Å²) in [4.78, 5) is 11.6. The van der Waals surface area contributed by atoms with Crippen LogP contribution in [0.1, 0.15) is 37.3 Å². The van der Waals surface area contributed by atoms with Gasteiger partial charge >= 0.3 is 0 Å². The monoisotopic (exact) mass is 438 g/mol. The molecule has 2 aromatic carbocycles. The number of hydrogen-bond donors (Lipinski definition) is 0. The minimum Gasteiger partial charge on any atom is -0.489 e. The number of ether oxygens (including phenoxy) is 1. The van der Waals surface area contributed by atoms with E-state index in [2.05, 4.69) is 56.0 Å². The molecule has 1 aliphatic heterocycles. The summed E-state index contributed by atoms with van der Waals surface area (Å²) in [6.07, 6.45) is 11.1. The number of rotatable bonds is 7. The molecule has 1 saturated carbocycles. The average molecular weight is 439 g/mol. The zero-order valence-corrected chi connectivity index (χ0v) is 18.9. The Hall–Kier alpha value is -3.18. The van der Waals surface area contributed by atoms with Crippen molar-refractivity contribution in [1.29, 1.82) is 0 Å². The van der Waals surface area contributed by atoms with E-state index in [0.29, 0.717) is 12.6 Å². The van der Waals surface area contributed by atoms with Gasteiger partial charge in [0, 0.05) is 35.9 Å². The van der Waals surface area contributed by atoms with Crippen LogP contribution in [0.5, 0.6) is 5.75 Å². The summed E-state index contributed by atoms with van der Waals surface area (Å²) in [5, 5.41) is 1.11. The van der Waals surface area contributed by atoms with E-state index in [9.17, 15) is 0 Å². The smallest absolute Gasteiger partial charge is 0.144 e. The zero-order valence-electron chi connectivity index (χ0n) is 18.9. The van der Waals surface area contributed by atoms with E-state index < -0.39 is 0 Å². The molecule has 0 N–H and O–H groups in total. The van der Waals surface area contributed by atoms with Crippen molar-refractivity contribution in [3.63, 3.8) is 0 Å². The molecule has 0 bridgehead atoms. The molecule has 1 aliphatic carbocycles. The molecule has 0 atom stereocenters. The summed E-state index contributed by atoms with van der Waals surface area (Å²) >= 11 is 0. The predicted octanol–water partition coefficient (Wildman–Crippen LogP) is 5.72. The minimum atomic E-state index is 0.529. The van der Waals surface area contributed by atoms with Crippen molar-refractivity contribution >= 4 is 11.0 Å². The predicted molar refractivity (Wildman–Crippen MR) is 131 cm³/mol. The normalized spacial score (nSPS) is 20.7. The fourth-order valence-electron chi connectivity index (χ4n) is 5.40. The fourth-order valence-corrected chi connectivity index (χ4v) is 5.40. The van der Waals surface area contributed by atoms with E-state index >= 15 is 0 Å². The number of aromatic nitrogens is 3. The van der Waals surface area contributed by atoms with E-state index in [1.165, 1.54) is 56.4 Å². The first-order valence-electron chi connectivity index (χ1n) is 12.1. The van der Waals surface area contributed by atoms with Gasteiger partial charge in [-0.1, -0.05) is 42.5 Å². The number of likely N-dealkylation sites (tertiary alicyclic amines) is 1. The van der Waals surface area contributed by atoms with Crippen molar-refractivity contribution in [2.45, 2.75) is 38.3 Å². The van der Waals surface area contributed by atoms with Gasteiger partial charge in [-0.15, -0.1) is 0 Å². The third kappa shape index (κ3) is 4.25. The van der Waals surface area contributed by atoms with Crippen molar-refractivity contribution in [1.82, 2.24) is 19.4 Å². The molecule has 2 fully saturated rings. The SMILES string of the molecule is c1ccc(COc2cccc(-c3cn(C4CC(CN5CCCC5)C4)c4ncncc34)c2)cc1. The fraction of sp³-hybridized carbons (Fsp3) is 0.357. The molecular formula is C28H30N4O. The molecule has 0 unspecified atom stereocenters. The maximum atomic E-state index is 6.09. The molecule has 6 rings (SSSR count). The highest BCUT2D eigenvalue weighted by Gasteiger charge is 2.33.